The minimum Gasteiger partial charge on any atom is -0.497 e. The Morgan fingerprint density at radius 2 is 1.81 bits per heavy atom. The van der Waals surface area contributed by atoms with Crippen molar-refractivity contribution < 1.29 is 9.53 Å². The van der Waals surface area contributed by atoms with Gasteiger partial charge in [0.2, 0.25) is 0 Å². The molecule has 8 nitrogen and oxygen atoms in total. The van der Waals surface area contributed by atoms with Gasteiger partial charge in [-0.2, -0.15) is 5.10 Å². The van der Waals surface area contributed by atoms with Gasteiger partial charge >= 0.3 is 0 Å². The van der Waals surface area contributed by atoms with Gasteiger partial charge in [0.1, 0.15) is 11.6 Å². The molecule has 0 unspecified atom stereocenters. The van der Waals surface area contributed by atoms with Crippen molar-refractivity contribution in [2.45, 2.75) is 39.5 Å². The largest absolute Gasteiger partial charge is 0.497 e. The summed E-state index contributed by atoms with van der Waals surface area (Å²) >= 11 is 0. The highest BCUT2D eigenvalue weighted by Gasteiger charge is 2.24. The molecule has 2 N–H and O–H groups in total. The van der Waals surface area contributed by atoms with E-state index >= 15 is 0 Å². The number of methoxy groups -OCH3 is 1. The van der Waals surface area contributed by atoms with Crippen LogP contribution in [0.3, 0.4) is 0 Å². The van der Waals surface area contributed by atoms with Crippen LogP contribution in [0.15, 0.2) is 79.6 Å². The minimum absolute atomic E-state index is 0.175. The van der Waals surface area contributed by atoms with Crippen LogP contribution in [0.25, 0.3) is 11.4 Å². The van der Waals surface area contributed by atoms with Crippen molar-refractivity contribution in [1.29, 1.82) is 0 Å². The van der Waals surface area contributed by atoms with Crippen LogP contribution in [0.5, 0.6) is 5.75 Å². The first-order valence-corrected chi connectivity index (χ1v) is 14.7. The molecular weight excluding hydrogens is 524 g/mol. The van der Waals surface area contributed by atoms with Gasteiger partial charge in [-0.1, -0.05) is 43.8 Å². The normalized spacial score (nSPS) is 13.5. The lowest BCUT2D eigenvalue weighted by atomic mass is 9.93. The Labute approximate surface area is 248 Å². The average Bonchev–Trinajstić information content (AvgIpc) is 3.37. The summed E-state index contributed by atoms with van der Waals surface area (Å²) in [6.07, 6.45) is 7.74. The number of hydrogen-bond acceptors (Lipinski definition) is 6. The van der Waals surface area contributed by atoms with Gasteiger partial charge in [0, 0.05) is 60.6 Å². The topological polar surface area (TPSA) is 84.3 Å². The van der Waals surface area contributed by atoms with Crippen LogP contribution in [-0.4, -0.2) is 47.4 Å². The Hall–Kier alpha value is -4.59. The number of ether oxygens (including phenoxy) is 1. The molecule has 8 heteroatoms. The van der Waals surface area contributed by atoms with E-state index in [1.54, 1.807) is 11.8 Å². The highest BCUT2D eigenvalue weighted by atomic mass is 16.5. The van der Waals surface area contributed by atoms with Crippen molar-refractivity contribution in [2.75, 3.05) is 37.0 Å². The van der Waals surface area contributed by atoms with E-state index < -0.39 is 0 Å². The van der Waals surface area contributed by atoms with Crippen LogP contribution in [-0.2, 0) is 6.42 Å². The maximum absolute atomic E-state index is 13.4. The molecule has 2 aromatic heterocycles. The van der Waals surface area contributed by atoms with Crippen LogP contribution in [0, 0.1) is 12.8 Å². The van der Waals surface area contributed by atoms with Crippen LogP contribution in [0.2, 0.25) is 0 Å². The Balaban J connectivity index is 1.29. The predicted octanol–water partition coefficient (Wildman–Crippen LogP) is 6.27. The van der Waals surface area contributed by atoms with Crippen LogP contribution in [0.4, 0.5) is 11.5 Å². The van der Waals surface area contributed by atoms with Crippen molar-refractivity contribution in [2.24, 2.45) is 5.92 Å². The second-order valence-electron chi connectivity index (χ2n) is 10.7. The molecule has 1 aliphatic rings. The third kappa shape index (κ3) is 6.48. The zero-order valence-corrected chi connectivity index (χ0v) is 24.8. The Kier molecular flexibility index (Phi) is 9.21. The fourth-order valence-electron chi connectivity index (χ4n) is 5.63. The first-order chi connectivity index (χ1) is 20.5. The molecule has 42 heavy (non-hydrogen) atoms. The van der Waals surface area contributed by atoms with Gasteiger partial charge in [-0.15, -0.1) is 0 Å². The number of pyridine rings is 1. The van der Waals surface area contributed by atoms with Gasteiger partial charge in [-0.3, -0.25) is 9.78 Å². The number of carbonyl (C=O) groups excluding carboxylic acids is 1. The summed E-state index contributed by atoms with van der Waals surface area (Å²) in [5.74, 6) is 1.82. The summed E-state index contributed by atoms with van der Waals surface area (Å²) in [4.78, 5) is 20.0. The summed E-state index contributed by atoms with van der Waals surface area (Å²) in [5.41, 5.74) is 6.16. The van der Waals surface area contributed by atoms with E-state index in [4.69, 9.17) is 9.84 Å². The van der Waals surface area contributed by atoms with Crippen molar-refractivity contribution in [1.82, 2.24) is 20.1 Å². The number of aromatic nitrogens is 3. The van der Waals surface area contributed by atoms with E-state index in [9.17, 15) is 4.79 Å². The molecule has 0 radical (unpaired) electrons. The Morgan fingerprint density at radius 1 is 1.05 bits per heavy atom. The number of carbonyl (C=O) groups is 1. The molecule has 4 aromatic rings. The number of piperidine rings is 1. The molecule has 1 amide bonds. The monoisotopic (exact) mass is 564 g/mol. The summed E-state index contributed by atoms with van der Waals surface area (Å²) < 4.78 is 7.22. The zero-order chi connectivity index (χ0) is 29.5. The van der Waals surface area contributed by atoms with Crippen molar-refractivity contribution in [3.05, 3.63) is 102 Å². The van der Waals surface area contributed by atoms with Crippen molar-refractivity contribution in [3.63, 3.8) is 0 Å². The van der Waals surface area contributed by atoms with E-state index in [1.807, 2.05) is 55.7 Å². The molecule has 0 bridgehead atoms. The van der Waals surface area contributed by atoms with Crippen molar-refractivity contribution in [3.8, 4) is 11.4 Å². The first-order valence-electron chi connectivity index (χ1n) is 14.7. The molecule has 1 fully saturated rings. The molecule has 1 saturated heterocycles. The van der Waals surface area contributed by atoms with Crippen molar-refractivity contribution >= 4 is 23.1 Å². The quantitative estimate of drug-likeness (QED) is 0.224. The number of hydrogen-bond donors (Lipinski definition) is 2. The highest BCUT2D eigenvalue weighted by molar-refractivity contribution is 5.96. The molecule has 5 rings (SSSR count). The summed E-state index contributed by atoms with van der Waals surface area (Å²) in [7, 11) is 1.64. The van der Waals surface area contributed by atoms with Gasteiger partial charge < -0.3 is 20.3 Å². The van der Waals surface area contributed by atoms with Gasteiger partial charge in [-0.25, -0.2) is 4.68 Å². The van der Waals surface area contributed by atoms with E-state index in [-0.39, 0.29) is 5.91 Å². The van der Waals surface area contributed by atoms with Crippen LogP contribution >= 0.6 is 0 Å². The third-order valence-electron chi connectivity index (χ3n) is 8.11. The molecule has 0 spiro atoms. The molecule has 0 atom stereocenters. The van der Waals surface area contributed by atoms with E-state index in [0.717, 1.165) is 61.3 Å². The molecule has 3 heterocycles. The maximum atomic E-state index is 13.4. The van der Waals surface area contributed by atoms with Gasteiger partial charge in [0.15, 0.2) is 5.69 Å². The number of nitrogens with zero attached hydrogens (tertiary/aromatic N) is 4. The van der Waals surface area contributed by atoms with E-state index in [1.165, 1.54) is 11.3 Å². The second-order valence-corrected chi connectivity index (χ2v) is 10.7. The second kappa shape index (κ2) is 13.4. The number of benzene rings is 2. The third-order valence-corrected chi connectivity index (χ3v) is 8.11. The summed E-state index contributed by atoms with van der Waals surface area (Å²) in [6, 6.07) is 20.0. The average molecular weight is 565 g/mol. The SMILES string of the molecule is C=C(Nc1c(C)c(C(=O)NCCC2CCN(c3ccncc3)CC2)nn1-c1cccc(OC)c1)c1ccccc1CC. The number of amides is 1. The lowest BCUT2D eigenvalue weighted by molar-refractivity contribution is 0.0944. The Bertz CT molecular complexity index is 1520. The summed E-state index contributed by atoms with van der Waals surface area (Å²) in [6.45, 7) is 11.0. The predicted molar refractivity (Wildman–Crippen MR) is 169 cm³/mol. The molecule has 0 saturated carbocycles. The smallest absolute Gasteiger partial charge is 0.272 e. The molecular formula is C34H40N6O2. The van der Waals surface area contributed by atoms with E-state index in [0.29, 0.717) is 29.7 Å². The fraction of sp³-hybridized carbons (Fsp3) is 0.324. The Morgan fingerprint density at radius 3 is 2.55 bits per heavy atom. The van der Waals surface area contributed by atoms with Gasteiger partial charge in [-0.05, 0) is 68.4 Å². The highest BCUT2D eigenvalue weighted by Crippen LogP contribution is 2.29. The van der Waals surface area contributed by atoms with Gasteiger partial charge in [0.05, 0.1) is 12.8 Å². The van der Waals surface area contributed by atoms with Gasteiger partial charge in [0.25, 0.3) is 5.91 Å². The van der Waals surface area contributed by atoms with Crippen LogP contribution < -0.4 is 20.3 Å². The molecule has 2 aromatic carbocycles. The van der Waals surface area contributed by atoms with Crippen LogP contribution in [0.1, 0.15) is 53.4 Å². The first kappa shape index (κ1) is 28.9. The number of nitrogens with one attached hydrogen (secondary N) is 2. The lowest BCUT2D eigenvalue weighted by Crippen LogP contribution is -2.35. The number of anilines is 2. The lowest BCUT2D eigenvalue weighted by Gasteiger charge is -2.33. The standard InChI is InChI=1S/C34H40N6O2/c1-5-27-9-6-7-12-31(27)25(3)37-33-24(2)32(38-40(33)29-10-8-11-30(23-29)42-4)34(41)36-20-13-26-16-21-39(22-17-26)28-14-18-35-19-15-28/h6-12,14-15,18-19,23,26,37H,3,5,13,16-17,20-22H2,1-2,4H3,(H,36,41). The summed E-state index contributed by atoms with van der Waals surface area (Å²) in [5, 5.41) is 11.4. The molecule has 1 aliphatic heterocycles. The number of aryl methyl sites for hydroxylation is 1. The minimum atomic E-state index is -0.175. The van der Waals surface area contributed by atoms with E-state index in [2.05, 4.69) is 58.3 Å². The molecule has 0 aliphatic carbocycles. The maximum Gasteiger partial charge on any atom is 0.272 e. The number of rotatable bonds is 11. The zero-order valence-electron chi connectivity index (χ0n) is 24.8. The fourth-order valence-corrected chi connectivity index (χ4v) is 5.63. The molecule has 218 valence electrons.